The summed E-state index contributed by atoms with van der Waals surface area (Å²) in [6.45, 7) is 8.41. The lowest BCUT2D eigenvalue weighted by Gasteiger charge is -2.19. The van der Waals surface area contributed by atoms with Gasteiger partial charge >= 0.3 is 0 Å². The van der Waals surface area contributed by atoms with Gasteiger partial charge in [0.15, 0.2) is 5.82 Å². The van der Waals surface area contributed by atoms with Crippen molar-refractivity contribution in [2.45, 2.75) is 39.5 Å². The molecule has 0 bridgehead atoms. The summed E-state index contributed by atoms with van der Waals surface area (Å²) < 4.78 is 0. The molecule has 7 heteroatoms. The molecule has 0 radical (unpaired) electrons. The van der Waals surface area contributed by atoms with Gasteiger partial charge in [-0.25, -0.2) is 15.0 Å². The highest BCUT2D eigenvalue weighted by Gasteiger charge is 2.16. The van der Waals surface area contributed by atoms with Crippen LogP contribution in [0.2, 0.25) is 0 Å². The van der Waals surface area contributed by atoms with Crippen molar-refractivity contribution in [2.75, 3.05) is 5.32 Å². The fourth-order valence-corrected chi connectivity index (χ4v) is 3.43. The molecule has 0 atom stereocenters. The number of rotatable bonds is 5. The SMILES string of the molecule is Cc1c(NC(=O)c2ccc(C(C)(C)C)cc2)cccc1-c1ncnc(Cc2cn[nH]c2)n1. The van der Waals surface area contributed by atoms with Gasteiger partial charge in [0.2, 0.25) is 0 Å². The number of aromatic nitrogens is 5. The van der Waals surface area contributed by atoms with Gasteiger partial charge in [-0.1, -0.05) is 45.0 Å². The number of amides is 1. The largest absolute Gasteiger partial charge is 0.322 e. The van der Waals surface area contributed by atoms with Crippen molar-refractivity contribution >= 4 is 11.6 Å². The van der Waals surface area contributed by atoms with E-state index in [4.69, 9.17) is 0 Å². The minimum Gasteiger partial charge on any atom is -0.322 e. The highest BCUT2D eigenvalue weighted by molar-refractivity contribution is 6.05. The van der Waals surface area contributed by atoms with Crippen LogP contribution >= 0.6 is 0 Å². The van der Waals surface area contributed by atoms with E-state index in [0.29, 0.717) is 23.6 Å². The number of H-pyrrole nitrogens is 1. The molecule has 0 fully saturated rings. The summed E-state index contributed by atoms with van der Waals surface area (Å²) >= 11 is 0. The molecule has 0 aliphatic heterocycles. The highest BCUT2D eigenvalue weighted by Crippen LogP contribution is 2.27. The fraction of sp³-hybridized carbons (Fsp3) is 0.240. The maximum Gasteiger partial charge on any atom is 0.255 e. The van der Waals surface area contributed by atoms with Crippen LogP contribution in [0.3, 0.4) is 0 Å². The van der Waals surface area contributed by atoms with Crippen molar-refractivity contribution in [3.05, 3.63) is 89.3 Å². The molecule has 0 spiro atoms. The summed E-state index contributed by atoms with van der Waals surface area (Å²) in [4.78, 5) is 26.1. The second-order valence-corrected chi connectivity index (χ2v) is 8.77. The summed E-state index contributed by atoms with van der Waals surface area (Å²) in [6, 6.07) is 13.5. The number of nitrogens with zero attached hydrogens (tertiary/aromatic N) is 4. The van der Waals surface area contributed by atoms with E-state index in [0.717, 1.165) is 22.4 Å². The predicted molar refractivity (Wildman–Crippen MR) is 124 cm³/mol. The van der Waals surface area contributed by atoms with Crippen LogP contribution in [0, 0.1) is 6.92 Å². The molecule has 4 aromatic rings. The van der Waals surface area contributed by atoms with Crippen LogP contribution in [-0.2, 0) is 11.8 Å². The molecule has 2 aromatic heterocycles. The first-order valence-corrected chi connectivity index (χ1v) is 10.5. The molecule has 1 amide bonds. The van der Waals surface area contributed by atoms with Gasteiger partial charge in [-0.3, -0.25) is 9.89 Å². The van der Waals surface area contributed by atoms with Gasteiger partial charge in [0, 0.05) is 29.4 Å². The number of carbonyl (C=O) groups is 1. The van der Waals surface area contributed by atoms with Crippen LogP contribution in [0.4, 0.5) is 5.69 Å². The predicted octanol–water partition coefficient (Wildman–Crippen LogP) is 4.71. The van der Waals surface area contributed by atoms with Crippen molar-refractivity contribution < 1.29 is 4.79 Å². The van der Waals surface area contributed by atoms with Crippen LogP contribution in [-0.4, -0.2) is 31.1 Å². The van der Waals surface area contributed by atoms with Crippen LogP contribution in [0.1, 0.15) is 53.6 Å². The zero-order chi connectivity index (χ0) is 22.7. The number of hydrogen-bond donors (Lipinski definition) is 2. The molecular weight excluding hydrogens is 400 g/mol. The van der Waals surface area contributed by atoms with Crippen LogP contribution in [0.15, 0.2) is 61.2 Å². The Kier molecular flexibility index (Phi) is 5.81. The Morgan fingerprint density at radius 1 is 1.06 bits per heavy atom. The Labute approximate surface area is 187 Å². The first kappa shape index (κ1) is 21.4. The third-order valence-corrected chi connectivity index (χ3v) is 5.37. The number of nitrogens with one attached hydrogen (secondary N) is 2. The lowest BCUT2D eigenvalue weighted by Crippen LogP contribution is -2.15. The van der Waals surface area contributed by atoms with Gasteiger partial charge < -0.3 is 5.32 Å². The van der Waals surface area contributed by atoms with Crippen molar-refractivity contribution in [2.24, 2.45) is 0 Å². The first-order valence-electron chi connectivity index (χ1n) is 10.5. The molecule has 32 heavy (non-hydrogen) atoms. The smallest absolute Gasteiger partial charge is 0.255 e. The van der Waals surface area contributed by atoms with E-state index in [2.05, 4.69) is 51.2 Å². The Morgan fingerprint density at radius 3 is 2.53 bits per heavy atom. The molecule has 0 unspecified atom stereocenters. The van der Waals surface area contributed by atoms with E-state index in [1.807, 2.05) is 55.6 Å². The van der Waals surface area contributed by atoms with Gasteiger partial charge in [-0.05, 0) is 47.2 Å². The van der Waals surface area contributed by atoms with Crippen LogP contribution in [0.25, 0.3) is 11.4 Å². The number of anilines is 1. The lowest BCUT2D eigenvalue weighted by molar-refractivity contribution is 0.102. The van der Waals surface area contributed by atoms with Gasteiger partial charge in [-0.2, -0.15) is 5.10 Å². The molecule has 7 nitrogen and oxygen atoms in total. The van der Waals surface area contributed by atoms with E-state index >= 15 is 0 Å². The normalized spacial score (nSPS) is 11.4. The van der Waals surface area contributed by atoms with Gasteiger partial charge in [-0.15, -0.1) is 0 Å². The molecule has 2 aromatic carbocycles. The molecule has 4 rings (SSSR count). The van der Waals surface area contributed by atoms with Gasteiger partial charge in [0.05, 0.1) is 6.20 Å². The van der Waals surface area contributed by atoms with Crippen molar-refractivity contribution in [3.8, 4) is 11.4 Å². The molecule has 0 aliphatic carbocycles. The van der Waals surface area contributed by atoms with Gasteiger partial charge in [0.1, 0.15) is 12.2 Å². The minimum atomic E-state index is -0.151. The second-order valence-electron chi connectivity index (χ2n) is 8.77. The Morgan fingerprint density at radius 2 is 1.84 bits per heavy atom. The third-order valence-electron chi connectivity index (χ3n) is 5.37. The first-order chi connectivity index (χ1) is 15.3. The third kappa shape index (κ3) is 4.72. The molecule has 0 aliphatic rings. The number of aromatic amines is 1. The molecule has 162 valence electrons. The number of hydrogen-bond acceptors (Lipinski definition) is 5. The quantitative estimate of drug-likeness (QED) is 0.482. The number of carbonyl (C=O) groups excluding carboxylic acids is 1. The average molecular weight is 427 g/mol. The maximum absolute atomic E-state index is 12.8. The molecule has 0 saturated carbocycles. The number of benzene rings is 2. The summed E-state index contributed by atoms with van der Waals surface area (Å²) in [5.41, 5.74) is 5.32. The Balaban J connectivity index is 1.56. The highest BCUT2D eigenvalue weighted by atomic mass is 16.1. The van der Waals surface area contributed by atoms with E-state index in [-0.39, 0.29) is 11.3 Å². The fourth-order valence-electron chi connectivity index (χ4n) is 3.43. The van der Waals surface area contributed by atoms with Crippen molar-refractivity contribution in [3.63, 3.8) is 0 Å². The zero-order valence-corrected chi connectivity index (χ0v) is 18.7. The minimum absolute atomic E-state index is 0.0426. The topological polar surface area (TPSA) is 96.5 Å². The summed E-state index contributed by atoms with van der Waals surface area (Å²) in [5.74, 6) is 1.08. The van der Waals surface area contributed by atoms with Crippen molar-refractivity contribution in [1.29, 1.82) is 0 Å². The van der Waals surface area contributed by atoms with E-state index in [9.17, 15) is 4.79 Å². The zero-order valence-electron chi connectivity index (χ0n) is 18.7. The standard InChI is InChI=1S/C25H26N6O/c1-16-20(23-27-15-26-22(31-23)12-17-13-28-29-14-17)6-5-7-21(16)30-24(32)18-8-10-19(11-9-18)25(2,3)4/h5-11,13-15H,12H2,1-4H3,(H,28,29)(H,30,32). The maximum atomic E-state index is 12.8. The van der Waals surface area contributed by atoms with Crippen molar-refractivity contribution in [1.82, 2.24) is 25.1 Å². The summed E-state index contributed by atoms with van der Waals surface area (Å²) in [7, 11) is 0. The van der Waals surface area contributed by atoms with E-state index in [1.54, 1.807) is 6.20 Å². The summed E-state index contributed by atoms with van der Waals surface area (Å²) in [5, 5.41) is 9.77. The lowest BCUT2D eigenvalue weighted by atomic mass is 9.86. The average Bonchev–Trinajstić information content (AvgIpc) is 3.28. The molecule has 2 heterocycles. The molecule has 0 saturated heterocycles. The molecular formula is C25H26N6O. The summed E-state index contributed by atoms with van der Waals surface area (Å²) in [6.07, 6.45) is 5.64. The van der Waals surface area contributed by atoms with E-state index in [1.165, 1.54) is 11.9 Å². The van der Waals surface area contributed by atoms with E-state index < -0.39 is 0 Å². The molecule has 2 N–H and O–H groups in total. The van der Waals surface area contributed by atoms with Crippen LogP contribution in [0.5, 0.6) is 0 Å². The Hall–Kier alpha value is -3.87. The van der Waals surface area contributed by atoms with Crippen LogP contribution < -0.4 is 5.32 Å². The van der Waals surface area contributed by atoms with Gasteiger partial charge in [0.25, 0.3) is 5.91 Å². The second kappa shape index (κ2) is 8.70. The monoisotopic (exact) mass is 426 g/mol. The Bertz CT molecular complexity index is 1220.